The van der Waals surface area contributed by atoms with Crippen LogP contribution in [0.15, 0.2) is 89.3 Å². The van der Waals surface area contributed by atoms with Gasteiger partial charge in [-0.3, -0.25) is 0 Å². The first-order valence-corrected chi connectivity index (χ1v) is 9.71. The molecule has 4 aromatic carbocycles. The van der Waals surface area contributed by atoms with E-state index >= 15 is 0 Å². The van der Waals surface area contributed by atoms with Crippen molar-refractivity contribution in [2.24, 2.45) is 0 Å². The Morgan fingerprint density at radius 1 is 0.714 bits per heavy atom. The predicted molar refractivity (Wildman–Crippen MR) is 116 cm³/mol. The summed E-state index contributed by atoms with van der Waals surface area (Å²) >= 11 is 0. The summed E-state index contributed by atoms with van der Waals surface area (Å²) in [4.78, 5) is 4.88. The molecule has 1 heterocycles. The fourth-order valence-corrected chi connectivity index (χ4v) is 3.99. The van der Waals surface area contributed by atoms with Crippen LogP contribution in [0.3, 0.4) is 0 Å². The van der Waals surface area contributed by atoms with Gasteiger partial charge < -0.3 is 4.42 Å². The summed E-state index contributed by atoms with van der Waals surface area (Å²) in [5.41, 5.74) is 6.80. The lowest BCUT2D eigenvalue weighted by Crippen LogP contribution is -1.97. The average Bonchev–Trinajstić information content (AvgIpc) is 3.21. The maximum absolute atomic E-state index is 6.25. The van der Waals surface area contributed by atoms with E-state index in [4.69, 9.17) is 9.40 Å². The lowest BCUT2D eigenvalue weighted by atomic mass is 9.93. The van der Waals surface area contributed by atoms with Crippen LogP contribution in [0.2, 0.25) is 0 Å². The van der Waals surface area contributed by atoms with Gasteiger partial charge in [0.05, 0.1) is 0 Å². The van der Waals surface area contributed by atoms with Gasteiger partial charge in [0.25, 0.3) is 0 Å². The van der Waals surface area contributed by atoms with Gasteiger partial charge in [0.2, 0.25) is 5.89 Å². The Kier molecular flexibility index (Phi) is 4.17. The number of benzene rings is 4. The second-order valence-electron chi connectivity index (χ2n) is 7.20. The molecule has 0 aliphatic carbocycles. The van der Waals surface area contributed by atoms with E-state index in [-0.39, 0.29) is 0 Å². The van der Waals surface area contributed by atoms with E-state index in [2.05, 4.69) is 61.5 Å². The summed E-state index contributed by atoms with van der Waals surface area (Å²) in [6.45, 7) is 2.17. The van der Waals surface area contributed by atoms with Crippen LogP contribution in [0.1, 0.15) is 16.7 Å². The highest BCUT2D eigenvalue weighted by molar-refractivity contribution is 6.07. The lowest BCUT2D eigenvalue weighted by molar-refractivity contribution is 0.623. The van der Waals surface area contributed by atoms with E-state index in [0.29, 0.717) is 5.89 Å². The van der Waals surface area contributed by atoms with E-state index in [0.717, 1.165) is 34.9 Å². The molecule has 5 aromatic rings. The Labute approximate surface area is 164 Å². The summed E-state index contributed by atoms with van der Waals surface area (Å²) in [5.74, 6) is 0.684. The van der Waals surface area contributed by atoms with Gasteiger partial charge in [-0.05, 0) is 54.0 Å². The third kappa shape index (κ3) is 2.87. The van der Waals surface area contributed by atoms with Crippen molar-refractivity contribution in [3.8, 4) is 11.5 Å². The van der Waals surface area contributed by atoms with Crippen molar-refractivity contribution in [3.05, 3.63) is 102 Å². The first-order valence-electron chi connectivity index (χ1n) is 9.71. The van der Waals surface area contributed by atoms with Crippen molar-refractivity contribution < 1.29 is 4.42 Å². The molecular weight excluding hydrogens is 342 g/mol. The van der Waals surface area contributed by atoms with Crippen LogP contribution >= 0.6 is 0 Å². The molecule has 1 aromatic heterocycles. The van der Waals surface area contributed by atoms with Crippen LogP contribution in [0.4, 0.5) is 0 Å². The maximum atomic E-state index is 6.25. The molecule has 5 rings (SSSR count). The Balaban J connectivity index is 1.68. The summed E-state index contributed by atoms with van der Waals surface area (Å²) in [7, 11) is 0. The first kappa shape index (κ1) is 16.8. The van der Waals surface area contributed by atoms with Crippen molar-refractivity contribution in [1.82, 2.24) is 4.98 Å². The Hall–Kier alpha value is -3.39. The maximum Gasteiger partial charge on any atom is 0.227 e. The van der Waals surface area contributed by atoms with E-state index in [1.54, 1.807) is 0 Å². The van der Waals surface area contributed by atoms with Gasteiger partial charge in [-0.2, -0.15) is 0 Å². The van der Waals surface area contributed by atoms with E-state index in [9.17, 15) is 0 Å². The highest BCUT2D eigenvalue weighted by Gasteiger charge is 2.17. The summed E-state index contributed by atoms with van der Waals surface area (Å²) in [6, 6.07) is 29.3. The molecule has 2 heteroatoms. The minimum absolute atomic E-state index is 0.684. The zero-order chi connectivity index (χ0) is 18.9. The highest BCUT2D eigenvalue weighted by atomic mass is 16.3. The van der Waals surface area contributed by atoms with Crippen LogP contribution in [-0.4, -0.2) is 4.98 Å². The molecule has 0 unspecified atom stereocenters. The van der Waals surface area contributed by atoms with Crippen LogP contribution in [0.5, 0.6) is 0 Å². The van der Waals surface area contributed by atoms with Gasteiger partial charge in [-0.1, -0.05) is 72.8 Å². The van der Waals surface area contributed by atoms with Gasteiger partial charge in [0, 0.05) is 10.9 Å². The number of nitrogens with zero attached hydrogens (tertiary/aromatic N) is 1. The molecule has 0 spiro atoms. The van der Waals surface area contributed by atoms with Crippen molar-refractivity contribution in [3.63, 3.8) is 0 Å². The molecule has 0 saturated carbocycles. The highest BCUT2D eigenvalue weighted by Crippen LogP contribution is 2.35. The van der Waals surface area contributed by atoms with Crippen LogP contribution in [-0.2, 0) is 12.8 Å². The van der Waals surface area contributed by atoms with Gasteiger partial charge in [-0.15, -0.1) is 0 Å². The fourth-order valence-electron chi connectivity index (χ4n) is 3.99. The number of fused-ring (bicyclic) bond motifs is 3. The monoisotopic (exact) mass is 363 g/mol. The molecule has 136 valence electrons. The van der Waals surface area contributed by atoms with Gasteiger partial charge in [-0.25, -0.2) is 4.98 Å². The zero-order valence-electron chi connectivity index (χ0n) is 15.9. The molecule has 0 radical (unpaired) electrons. The van der Waals surface area contributed by atoms with Crippen LogP contribution in [0, 0.1) is 6.92 Å². The smallest absolute Gasteiger partial charge is 0.227 e. The molecule has 0 N–H and O–H groups in total. The third-order valence-electron chi connectivity index (χ3n) is 5.46. The van der Waals surface area contributed by atoms with Gasteiger partial charge >= 0.3 is 0 Å². The number of hydrogen-bond acceptors (Lipinski definition) is 2. The van der Waals surface area contributed by atoms with Crippen molar-refractivity contribution in [2.45, 2.75) is 19.8 Å². The fraction of sp³-hybridized carbons (Fsp3) is 0.115. The van der Waals surface area contributed by atoms with Crippen molar-refractivity contribution in [2.75, 3.05) is 0 Å². The molecule has 0 saturated heterocycles. The van der Waals surface area contributed by atoms with Crippen molar-refractivity contribution in [1.29, 1.82) is 0 Å². The second kappa shape index (κ2) is 6.97. The number of oxazole rings is 1. The number of aromatic nitrogens is 1. The standard InChI is InChI=1S/C26H21NO/c1-18-21(17-16-19-10-4-2-5-11-19)22-14-8-9-15-23(22)25-24(18)27-26(28-25)20-12-6-3-7-13-20/h2-15H,16-17H2,1H3. The summed E-state index contributed by atoms with van der Waals surface area (Å²) < 4.78 is 6.25. The average molecular weight is 363 g/mol. The van der Waals surface area contributed by atoms with Crippen LogP contribution in [0.25, 0.3) is 33.3 Å². The number of aryl methyl sites for hydroxylation is 3. The molecule has 0 bridgehead atoms. The number of rotatable bonds is 4. The normalized spacial score (nSPS) is 11.3. The van der Waals surface area contributed by atoms with E-state index < -0.39 is 0 Å². The Morgan fingerprint density at radius 3 is 2.11 bits per heavy atom. The minimum atomic E-state index is 0.684. The van der Waals surface area contributed by atoms with Gasteiger partial charge in [0.1, 0.15) is 5.52 Å². The quantitative estimate of drug-likeness (QED) is 0.353. The molecule has 0 aliphatic heterocycles. The molecule has 2 nitrogen and oxygen atoms in total. The molecule has 28 heavy (non-hydrogen) atoms. The summed E-state index contributed by atoms with van der Waals surface area (Å²) in [5, 5.41) is 2.40. The van der Waals surface area contributed by atoms with Gasteiger partial charge in [0.15, 0.2) is 5.58 Å². The second-order valence-corrected chi connectivity index (χ2v) is 7.20. The van der Waals surface area contributed by atoms with E-state index in [1.165, 1.54) is 22.1 Å². The van der Waals surface area contributed by atoms with Crippen molar-refractivity contribution >= 4 is 21.9 Å². The largest absolute Gasteiger partial charge is 0.435 e. The predicted octanol–water partition coefficient (Wildman–Crippen LogP) is 6.74. The zero-order valence-corrected chi connectivity index (χ0v) is 15.9. The first-order chi connectivity index (χ1) is 13.8. The molecule has 0 aliphatic rings. The minimum Gasteiger partial charge on any atom is -0.435 e. The number of hydrogen-bond donors (Lipinski definition) is 0. The lowest BCUT2D eigenvalue weighted by Gasteiger charge is -2.11. The Morgan fingerprint density at radius 2 is 1.36 bits per heavy atom. The SMILES string of the molecule is Cc1c(CCc2ccccc2)c2ccccc2c2oc(-c3ccccc3)nc12. The molecule has 0 fully saturated rings. The molecule has 0 atom stereocenters. The van der Waals surface area contributed by atoms with E-state index in [1.807, 2.05) is 30.3 Å². The summed E-state index contributed by atoms with van der Waals surface area (Å²) in [6.07, 6.45) is 2.00. The third-order valence-corrected chi connectivity index (χ3v) is 5.46. The molecule has 0 amide bonds. The molecular formula is C26H21NO. The topological polar surface area (TPSA) is 26.0 Å². The Bertz CT molecular complexity index is 1250. The van der Waals surface area contributed by atoms with Crippen LogP contribution < -0.4 is 0 Å².